The number of benzene rings is 2. The molecule has 36 heavy (non-hydrogen) atoms. The lowest BCUT2D eigenvalue weighted by atomic mass is 10.0. The average Bonchev–Trinajstić information content (AvgIpc) is 3.28. The summed E-state index contributed by atoms with van der Waals surface area (Å²) in [6.07, 6.45) is 4.07. The van der Waals surface area contributed by atoms with Gasteiger partial charge in [-0.15, -0.1) is 10.2 Å². The first kappa shape index (κ1) is 23.7. The molecule has 2 aromatic carbocycles. The number of hydrogen-bond acceptors (Lipinski definition) is 5. The van der Waals surface area contributed by atoms with Gasteiger partial charge in [-0.1, -0.05) is 13.0 Å². The van der Waals surface area contributed by atoms with E-state index >= 15 is 0 Å². The summed E-state index contributed by atoms with van der Waals surface area (Å²) in [6.45, 7) is 4.57. The van der Waals surface area contributed by atoms with E-state index in [2.05, 4.69) is 15.1 Å². The van der Waals surface area contributed by atoms with Gasteiger partial charge in [-0.05, 0) is 48.4 Å². The molecule has 4 aromatic rings. The number of halogens is 2. The molecule has 186 valence electrons. The summed E-state index contributed by atoms with van der Waals surface area (Å²) in [5.41, 5.74) is 1.11. The third-order valence-corrected chi connectivity index (χ3v) is 6.51. The summed E-state index contributed by atoms with van der Waals surface area (Å²) in [6, 6.07) is 12.2. The van der Waals surface area contributed by atoms with Gasteiger partial charge in [0.15, 0.2) is 0 Å². The van der Waals surface area contributed by atoms with Crippen molar-refractivity contribution >= 4 is 17.2 Å². The molecule has 0 radical (unpaired) electrons. The Morgan fingerprint density at radius 2 is 1.69 bits per heavy atom. The van der Waals surface area contributed by atoms with E-state index in [-0.39, 0.29) is 23.3 Å². The molecule has 1 aliphatic heterocycles. The Balaban J connectivity index is 1.21. The minimum atomic E-state index is -0.434. The fourth-order valence-corrected chi connectivity index (χ4v) is 4.58. The maximum Gasteiger partial charge on any atom is 0.300 e. The highest BCUT2D eigenvalue weighted by atomic mass is 19.1. The molecule has 3 heterocycles. The summed E-state index contributed by atoms with van der Waals surface area (Å²) in [5, 5.41) is 8.24. The van der Waals surface area contributed by atoms with Crippen molar-refractivity contribution in [1.82, 2.24) is 24.1 Å². The number of carbonyl (C=O) groups excluding carboxylic acids is 1. The summed E-state index contributed by atoms with van der Waals surface area (Å²) >= 11 is 0. The summed E-state index contributed by atoms with van der Waals surface area (Å²) in [4.78, 5) is 29.8. The molecular formula is C26H26F2N6O2. The fourth-order valence-electron chi connectivity index (χ4n) is 4.58. The molecule has 10 heteroatoms. The van der Waals surface area contributed by atoms with Crippen LogP contribution in [0.1, 0.15) is 19.2 Å². The van der Waals surface area contributed by atoms with E-state index in [0.29, 0.717) is 50.5 Å². The molecule has 1 unspecified atom stereocenters. The van der Waals surface area contributed by atoms with E-state index in [4.69, 9.17) is 0 Å². The number of anilines is 1. The van der Waals surface area contributed by atoms with E-state index < -0.39 is 11.4 Å². The first-order valence-electron chi connectivity index (χ1n) is 11.9. The van der Waals surface area contributed by atoms with Crippen molar-refractivity contribution in [1.29, 1.82) is 0 Å². The second-order valence-corrected chi connectivity index (χ2v) is 9.12. The zero-order chi connectivity index (χ0) is 25.2. The first-order chi connectivity index (χ1) is 17.4. The lowest BCUT2D eigenvalue weighted by molar-refractivity contribution is -0.132. The molecule has 0 bridgehead atoms. The molecule has 0 spiro atoms. The van der Waals surface area contributed by atoms with Gasteiger partial charge in [0, 0.05) is 57.1 Å². The van der Waals surface area contributed by atoms with Crippen molar-refractivity contribution in [3.63, 3.8) is 0 Å². The zero-order valence-electron chi connectivity index (χ0n) is 19.8. The predicted octanol–water partition coefficient (Wildman–Crippen LogP) is 3.08. The van der Waals surface area contributed by atoms with E-state index in [1.165, 1.54) is 34.9 Å². The Hall–Kier alpha value is -4.08. The van der Waals surface area contributed by atoms with Crippen LogP contribution in [0, 0.1) is 17.6 Å². The van der Waals surface area contributed by atoms with Gasteiger partial charge in [-0.25, -0.2) is 8.78 Å². The highest BCUT2D eigenvalue weighted by Crippen LogP contribution is 2.19. The number of aromatic nitrogens is 4. The normalized spacial score (nSPS) is 14.9. The number of fused-ring (bicyclic) bond motifs is 1. The van der Waals surface area contributed by atoms with Crippen LogP contribution in [0.4, 0.5) is 14.5 Å². The largest absolute Gasteiger partial charge is 0.368 e. The fraction of sp³-hybridized carbons (Fsp3) is 0.308. The van der Waals surface area contributed by atoms with Crippen LogP contribution in [0.2, 0.25) is 0 Å². The van der Waals surface area contributed by atoms with Gasteiger partial charge < -0.3 is 9.80 Å². The second kappa shape index (κ2) is 9.88. The van der Waals surface area contributed by atoms with Gasteiger partial charge in [0.25, 0.3) is 0 Å². The Morgan fingerprint density at radius 3 is 2.42 bits per heavy atom. The number of amides is 1. The average molecular weight is 493 g/mol. The molecule has 1 aliphatic rings. The van der Waals surface area contributed by atoms with Crippen LogP contribution in [0.3, 0.4) is 0 Å². The monoisotopic (exact) mass is 492 g/mol. The van der Waals surface area contributed by atoms with Crippen molar-refractivity contribution in [3.05, 3.63) is 88.7 Å². The third-order valence-electron chi connectivity index (χ3n) is 6.51. The number of rotatable bonds is 6. The maximum absolute atomic E-state index is 13.6. The van der Waals surface area contributed by atoms with E-state index in [0.717, 1.165) is 5.69 Å². The summed E-state index contributed by atoms with van der Waals surface area (Å²) in [5.74, 6) is -0.0415. The SMILES string of the molecule is CC(CC(=O)N1CCN(c2ccc(F)cc2)CC1)Cc1nnc2c(=O)n(-c3cccc(F)c3)ccn12. The topological polar surface area (TPSA) is 75.7 Å². The van der Waals surface area contributed by atoms with E-state index in [1.807, 2.05) is 11.8 Å². The lowest BCUT2D eigenvalue weighted by Crippen LogP contribution is -2.49. The van der Waals surface area contributed by atoms with Crippen molar-refractivity contribution in [3.8, 4) is 5.69 Å². The van der Waals surface area contributed by atoms with Gasteiger partial charge in [0.05, 0.1) is 5.69 Å². The second-order valence-electron chi connectivity index (χ2n) is 9.12. The minimum Gasteiger partial charge on any atom is -0.368 e. The van der Waals surface area contributed by atoms with Gasteiger partial charge in [0.2, 0.25) is 11.6 Å². The minimum absolute atomic E-state index is 0.00863. The van der Waals surface area contributed by atoms with Crippen molar-refractivity contribution in [2.75, 3.05) is 31.1 Å². The number of hydrogen-bond donors (Lipinski definition) is 0. The Labute approximate surface area is 206 Å². The predicted molar refractivity (Wildman–Crippen MR) is 131 cm³/mol. The van der Waals surface area contributed by atoms with E-state index in [1.54, 1.807) is 35.0 Å². The van der Waals surface area contributed by atoms with Crippen LogP contribution >= 0.6 is 0 Å². The standard InChI is InChI=1S/C26H26F2N6O2/c1-18(16-24(35)32-11-9-31(10-12-32)21-7-5-19(27)6-8-21)15-23-29-30-25-26(36)33(13-14-34(23)25)22-4-2-3-20(28)17-22/h2-8,13-14,17-18H,9-12,15-16H2,1H3. The van der Waals surface area contributed by atoms with Gasteiger partial charge in [0.1, 0.15) is 17.5 Å². The maximum atomic E-state index is 13.6. The zero-order valence-corrected chi connectivity index (χ0v) is 19.8. The molecule has 5 rings (SSSR count). The Bertz CT molecular complexity index is 1440. The third kappa shape index (κ3) is 4.84. The molecule has 0 N–H and O–H groups in total. The van der Waals surface area contributed by atoms with Crippen LogP contribution in [0.25, 0.3) is 11.3 Å². The molecule has 1 atom stereocenters. The molecular weight excluding hydrogens is 466 g/mol. The van der Waals surface area contributed by atoms with Gasteiger partial charge in [-0.3, -0.25) is 18.6 Å². The van der Waals surface area contributed by atoms with Crippen LogP contribution in [0.5, 0.6) is 0 Å². The van der Waals surface area contributed by atoms with Crippen molar-refractivity contribution in [2.45, 2.75) is 19.8 Å². The molecule has 1 fully saturated rings. The quantitative estimate of drug-likeness (QED) is 0.414. The molecule has 0 saturated carbocycles. The molecule has 0 aliphatic carbocycles. The van der Waals surface area contributed by atoms with E-state index in [9.17, 15) is 18.4 Å². The molecule has 2 aromatic heterocycles. The number of nitrogens with zero attached hydrogens (tertiary/aromatic N) is 6. The molecule has 1 saturated heterocycles. The Kier molecular flexibility index (Phi) is 6.49. The van der Waals surface area contributed by atoms with Crippen LogP contribution < -0.4 is 10.5 Å². The van der Waals surface area contributed by atoms with Gasteiger partial charge >= 0.3 is 5.56 Å². The lowest BCUT2D eigenvalue weighted by Gasteiger charge is -2.36. The van der Waals surface area contributed by atoms with Crippen molar-refractivity contribution in [2.24, 2.45) is 5.92 Å². The number of piperazine rings is 1. The van der Waals surface area contributed by atoms with Crippen LogP contribution in [-0.4, -0.2) is 56.2 Å². The van der Waals surface area contributed by atoms with Crippen molar-refractivity contribution < 1.29 is 13.6 Å². The number of carbonyl (C=O) groups is 1. The first-order valence-corrected chi connectivity index (χ1v) is 11.9. The summed E-state index contributed by atoms with van der Waals surface area (Å²) < 4.78 is 29.7. The summed E-state index contributed by atoms with van der Waals surface area (Å²) in [7, 11) is 0. The molecule has 8 nitrogen and oxygen atoms in total. The van der Waals surface area contributed by atoms with Gasteiger partial charge in [-0.2, -0.15) is 0 Å². The highest BCUT2D eigenvalue weighted by Gasteiger charge is 2.23. The van der Waals surface area contributed by atoms with Crippen LogP contribution in [-0.2, 0) is 11.2 Å². The highest BCUT2D eigenvalue weighted by molar-refractivity contribution is 5.76. The van der Waals surface area contributed by atoms with Crippen LogP contribution in [0.15, 0.2) is 65.7 Å². The molecule has 1 amide bonds. The smallest absolute Gasteiger partial charge is 0.300 e. The Morgan fingerprint density at radius 1 is 0.944 bits per heavy atom.